The topological polar surface area (TPSA) is 3.24 Å². The molecule has 0 heterocycles. The molecule has 120 valence electrons. The van der Waals surface area contributed by atoms with Crippen molar-refractivity contribution in [3.8, 4) is 0 Å². The molecule has 0 N–H and O–H groups in total. The van der Waals surface area contributed by atoms with Gasteiger partial charge in [0.05, 0.1) is 0 Å². The van der Waals surface area contributed by atoms with E-state index in [1.54, 1.807) is 0 Å². The molecule has 0 saturated carbocycles. The molecule has 0 radical (unpaired) electrons. The summed E-state index contributed by atoms with van der Waals surface area (Å²) in [6, 6.07) is 29.7. The first-order valence-electron chi connectivity index (χ1n) is 8.42. The van der Waals surface area contributed by atoms with Crippen LogP contribution in [0.5, 0.6) is 0 Å². The largest absolute Gasteiger partial charge is 0.311 e. The molecule has 0 aliphatic carbocycles. The molecule has 0 saturated heterocycles. The van der Waals surface area contributed by atoms with E-state index in [0.29, 0.717) is 5.92 Å². The molecule has 0 atom stereocenters. The van der Waals surface area contributed by atoms with E-state index in [9.17, 15) is 0 Å². The van der Waals surface area contributed by atoms with E-state index in [4.69, 9.17) is 0 Å². The molecule has 0 spiro atoms. The quantitative estimate of drug-likeness (QED) is 0.499. The van der Waals surface area contributed by atoms with Crippen molar-refractivity contribution < 1.29 is 0 Å². The zero-order valence-electron chi connectivity index (χ0n) is 14.3. The van der Waals surface area contributed by atoms with Crippen molar-refractivity contribution in [3.63, 3.8) is 0 Å². The Morgan fingerprint density at radius 1 is 0.625 bits per heavy atom. The zero-order chi connectivity index (χ0) is 16.8. The lowest BCUT2D eigenvalue weighted by Crippen LogP contribution is -2.09. The molecule has 3 aromatic carbocycles. The Morgan fingerprint density at radius 2 is 1.08 bits per heavy atom. The van der Waals surface area contributed by atoms with Crippen LogP contribution in [-0.2, 0) is 0 Å². The number of allylic oxidation sites excluding steroid dienone is 1. The van der Waals surface area contributed by atoms with Crippen LogP contribution in [0.1, 0.15) is 19.4 Å². The third-order valence-corrected chi connectivity index (χ3v) is 3.85. The highest BCUT2D eigenvalue weighted by atomic mass is 15.1. The lowest BCUT2D eigenvalue weighted by molar-refractivity contribution is 0.836. The minimum absolute atomic E-state index is 0.565. The van der Waals surface area contributed by atoms with Gasteiger partial charge in [0.2, 0.25) is 0 Å². The lowest BCUT2D eigenvalue weighted by atomic mass is 10.1. The van der Waals surface area contributed by atoms with Crippen molar-refractivity contribution in [2.24, 2.45) is 5.92 Å². The minimum Gasteiger partial charge on any atom is -0.311 e. The monoisotopic (exact) mass is 313 g/mol. The molecule has 3 rings (SSSR count). The second kappa shape index (κ2) is 7.65. The van der Waals surface area contributed by atoms with Crippen LogP contribution in [0.15, 0.2) is 91.0 Å². The summed E-state index contributed by atoms with van der Waals surface area (Å²) in [7, 11) is 0. The van der Waals surface area contributed by atoms with Gasteiger partial charge >= 0.3 is 0 Å². The predicted octanol–water partition coefficient (Wildman–Crippen LogP) is 6.83. The Kier molecular flexibility index (Phi) is 5.12. The molecule has 0 fully saturated rings. The van der Waals surface area contributed by atoms with Crippen LogP contribution < -0.4 is 4.90 Å². The molecule has 3 aromatic rings. The second-order valence-electron chi connectivity index (χ2n) is 6.20. The molecule has 0 aliphatic heterocycles. The molecular weight excluding hydrogens is 290 g/mol. The maximum Gasteiger partial charge on any atom is 0.0462 e. The summed E-state index contributed by atoms with van der Waals surface area (Å²) < 4.78 is 0. The van der Waals surface area contributed by atoms with E-state index in [1.165, 1.54) is 5.56 Å². The van der Waals surface area contributed by atoms with Gasteiger partial charge in [0, 0.05) is 17.1 Å². The van der Waals surface area contributed by atoms with Gasteiger partial charge in [-0.3, -0.25) is 0 Å². The Labute approximate surface area is 144 Å². The molecular formula is C23H23N. The summed E-state index contributed by atoms with van der Waals surface area (Å²) in [5.41, 5.74) is 4.71. The normalized spacial score (nSPS) is 11.1. The Bertz CT molecular complexity index is 732. The SMILES string of the molecule is CC(C)/C=C/c1ccc(N(c2ccccc2)c2ccccc2)cc1. The standard InChI is InChI=1S/C23H23N/c1-19(2)13-14-20-15-17-23(18-16-20)24(21-9-5-3-6-10-21)22-11-7-4-8-12-22/h3-19H,1-2H3/b14-13+. The van der Waals surface area contributed by atoms with Crippen LogP contribution in [0.25, 0.3) is 6.08 Å². The molecule has 0 aromatic heterocycles. The van der Waals surface area contributed by atoms with Gasteiger partial charge in [-0.25, -0.2) is 0 Å². The first-order valence-corrected chi connectivity index (χ1v) is 8.42. The van der Waals surface area contributed by atoms with Crippen LogP contribution in [-0.4, -0.2) is 0 Å². The fraction of sp³-hybridized carbons (Fsp3) is 0.130. The van der Waals surface area contributed by atoms with Crippen molar-refractivity contribution in [3.05, 3.63) is 96.6 Å². The smallest absolute Gasteiger partial charge is 0.0462 e. The summed E-state index contributed by atoms with van der Waals surface area (Å²) in [6.07, 6.45) is 4.41. The molecule has 1 nitrogen and oxygen atoms in total. The number of nitrogens with zero attached hydrogens (tertiary/aromatic N) is 1. The van der Waals surface area contributed by atoms with Gasteiger partial charge in [-0.2, -0.15) is 0 Å². The third kappa shape index (κ3) is 3.94. The van der Waals surface area contributed by atoms with Crippen LogP contribution in [0, 0.1) is 5.92 Å². The number of para-hydroxylation sites is 2. The van der Waals surface area contributed by atoms with Gasteiger partial charge in [-0.15, -0.1) is 0 Å². The Morgan fingerprint density at radius 3 is 1.54 bits per heavy atom. The maximum atomic E-state index is 2.27. The average Bonchev–Trinajstić information content (AvgIpc) is 2.63. The van der Waals surface area contributed by atoms with E-state index < -0.39 is 0 Å². The van der Waals surface area contributed by atoms with Crippen molar-refractivity contribution >= 4 is 23.1 Å². The molecule has 1 heteroatoms. The van der Waals surface area contributed by atoms with Crippen molar-refractivity contribution in [2.75, 3.05) is 4.90 Å². The van der Waals surface area contributed by atoms with Gasteiger partial charge in [-0.05, 0) is 47.9 Å². The summed E-state index contributed by atoms with van der Waals surface area (Å²) in [4.78, 5) is 2.27. The van der Waals surface area contributed by atoms with Crippen LogP contribution >= 0.6 is 0 Å². The van der Waals surface area contributed by atoms with E-state index in [0.717, 1.165) is 17.1 Å². The maximum absolute atomic E-state index is 2.27. The van der Waals surface area contributed by atoms with Crippen LogP contribution in [0.2, 0.25) is 0 Å². The second-order valence-corrected chi connectivity index (χ2v) is 6.20. The van der Waals surface area contributed by atoms with E-state index in [1.807, 2.05) is 12.1 Å². The van der Waals surface area contributed by atoms with Gasteiger partial charge in [0.1, 0.15) is 0 Å². The zero-order valence-corrected chi connectivity index (χ0v) is 14.3. The fourth-order valence-electron chi connectivity index (χ4n) is 2.64. The van der Waals surface area contributed by atoms with E-state index >= 15 is 0 Å². The number of hydrogen-bond acceptors (Lipinski definition) is 1. The average molecular weight is 313 g/mol. The number of hydrogen-bond donors (Lipinski definition) is 0. The van der Waals surface area contributed by atoms with Crippen molar-refractivity contribution in [1.29, 1.82) is 0 Å². The fourth-order valence-corrected chi connectivity index (χ4v) is 2.64. The number of anilines is 3. The highest BCUT2D eigenvalue weighted by Gasteiger charge is 2.11. The van der Waals surface area contributed by atoms with E-state index in [-0.39, 0.29) is 0 Å². The van der Waals surface area contributed by atoms with Crippen molar-refractivity contribution in [2.45, 2.75) is 13.8 Å². The summed E-state index contributed by atoms with van der Waals surface area (Å²) in [5, 5.41) is 0. The Balaban J connectivity index is 1.97. The third-order valence-electron chi connectivity index (χ3n) is 3.85. The first-order chi connectivity index (χ1) is 11.7. The number of rotatable bonds is 5. The first kappa shape index (κ1) is 16.1. The van der Waals surface area contributed by atoms with Gasteiger partial charge in [0.15, 0.2) is 0 Å². The molecule has 0 amide bonds. The summed E-state index contributed by atoms with van der Waals surface area (Å²) in [6.45, 7) is 4.38. The van der Waals surface area contributed by atoms with Crippen LogP contribution in [0.4, 0.5) is 17.1 Å². The Hall–Kier alpha value is -2.80. The molecule has 0 unspecified atom stereocenters. The highest BCUT2D eigenvalue weighted by molar-refractivity contribution is 5.76. The van der Waals surface area contributed by atoms with Gasteiger partial charge < -0.3 is 4.90 Å². The molecule has 0 bridgehead atoms. The summed E-state index contributed by atoms with van der Waals surface area (Å²) in [5.74, 6) is 0.565. The number of benzene rings is 3. The summed E-state index contributed by atoms with van der Waals surface area (Å²) >= 11 is 0. The van der Waals surface area contributed by atoms with Gasteiger partial charge in [-0.1, -0.05) is 74.5 Å². The molecule has 0 aliphatic rings. The lowest BCUT2D eigenvalue weighted by Gasteiger charge is -2.25. The van der Waals surface area contributed by atoms with E-state index in [2.05, 4.69) is 104 Å². The predicted molar refractivity (Wildman–Crippen MR) is 105 cm³/mol. The highest BCUT2D eigenvalue weighted by Crippen LogP contribution is 2.34. The van der Waals surface area contributed by atoms with Crippen molar-refractivity contribution in [1.82, 2.24) is 0 Å². The molecule has 24 heavy (non-hydrogen) atoms. The van der Waals surface area contributed by atoms with Crippen LogP contribution in [0.3, 0.4) is 0 Å². The minimum atomic E-state index is 0.565. The van der Waals surface area contributed by atoms with Gasteiger partial charge in [0.25, 0.3) is 0 Å².